The fourth-order valence-corrected chi connectivity index (χ4v) is 3.06. The van der Waals surface area contributed by atoms with E-state index in [0.29, 0.717) is 5.56 Å². The number of carboxylic acids is 1. The van der Waals surface area contributed by atoms with Gasteiger partial charge in [0.15, 0.2) is 0 Å². The quantitative estimate of drug-likeness (QED) is 0.615. The van der Waals surface area contributed by atoms with E-state index in [1.807, 2.05) is 13.8 Å². The largest absolute Gasteiger partial charge is 0.480 e. The Balaban J connectivity index is 2.52. The zero-order valence-electron chi connectivity index (χ0n) is 13.2. The molecule has 0 radical (unpaired) electrons. The van der Waals surface area contributed by atoms with Gasteiger partial charge < -0.3 is 10.4 Å². The van der Waals surface area contributed by atoms with Crippen LogP contribution in [0.5, 0.6) is 0 Å². The molecule has 0 spiro atoms. The Morgan fingerprint density at radius 1 is 1.17 bits per heavy atom. The second-order valence-corrected chi connectivity index (χ2v) is 7.45. The molecule has 1 aromatic rings. The first-order chi connectivity index (χ1) is 10.7. The van der Waals surface area contributed by atoms with E-state index < -0.39 is 22.0 Å². The summed E-state index contributed by atoms with van der Waals surface area (Å²) in [4.78, 5) is 22.9. The number of carboxylic acid groups (broad SMARTS) is 1. The lowest BCUT2D eigenvalue weighted by Crippen LogP contribution is -2.44. The lowest BCUT2D eigenvalue weighted by molar-refractivity contribution is -0.139. The average molecular weight is 342 g/mol. The molecule has 7 nitrogen and oxygen atoms in total. The van der Waals surface area contributed by atoms with Gasteiger partial charge >= 0.3 is 5.97 Å². The fourth-order valence-electron chi connectivity index (χ4n) is 1.94. The third-order valence-corrected chi connectivity index (χ3v) is 4.40. The van der Waals surface area contributed by atoms with Crippen LogP contribution in [0.2, 0.25) is 0 Å². The minimum atomic E-state index is -3.79. The van der Waals surface area contributed by atoms with E-state index in [9.17, 15) is 18.0 Å². The molecule has 0 heterocycles. The van der Waals surface area contributed by atoms with Crippen LogP contribution in [0.25, 0.3) is 0 Å². The van der Waals surface area contributed by atoms with Crippen LogP contribution in [-0.4, -0.2) is 43.7 Å². The van der Waals surface area contributed by atoms with Crippen molar-refractivity contribution in [3.63, 3.8) is 0 Å². The Kier molecular flexibility index (Phi) is 7.18. The molecule has 0 aromatic heterocycles. The van der Waals surface area contributed by atoms with E-state index in [2.05, 4.69) is 10.0 Å². The van der Waals surface area contributed by atoms with Crippen LogP contribution in [0.3, 0.4) is 0 Å². The first-order valence-electron chi connectivity index (χ1n) is 7.27. The predicted molar refractivity (Wildman–Crippen MR) is 86.6 cm³/mol. The normalized spacial score (nSPS) is 12.8. The molecular formula is C15H22N2O5S. The maximum absolute atomic E-state index is 11.9. The Morgan fingerprint density at radius 3 is 2.30 bits per heavy atom. The fraction of sp³-hybridized carbons (Fsp3) is 0.467. The second-order valence-electron chi connectivity index (χ2n) is 5.58. The summed E-state index contributed by atoms with van der Waals surface area (Å²) in [6.07, 6.45) is 0.199. The molecule has 0 aliphatic carbocycles. The van der Waals surface area contributed by atoms with Gasteiger partial charge in [-0.1, -0.05) is 32.0 Å². The Labute approximate surface area is 136 Å². The summed E-state index contributed by atoms with van der Waals surface area (Å²) in [6.45, 7) is 3.52. The van der Waals surface area contributed by atoms with Gasteiger partial charge in [-0.05, 0) is 24.5 Å². The molecule has 0 unspecified atom stereocenters. The van der Waals surface area contributed by atoms with E-state index in [1.54, 1.807) is 30.3 Å². The molecule has 0 bridgehead atoms. The SMILES string of the molecule is CC(C)C[C@H](NS(=O)(=O)CCNC(=O)c1ccccc1)C(=O)O. The number of hydrogen-bond acceptors (Lipinski definition) is 4. The Morgan fingerprint density at radius 2 is 1.78 bits per heavy atom. The number of sulfonamides is 1. The maximum Gasteiger partial charge on any atom is 0.321 e. The molecule has 128 valence electrons. The van der Waals surface area contributed by atoms with E-state index in [-0.39, 0.29) is 30.5 Å². The van der Waals surface area contributed by atoms with Crippen LogP contribution >= 0.6 is 0 Å². The van der Waals surface area contributed by atoms with Crippen molar-refractivity contribution in [2.75, 3.05) is 12.3 Å². The highest BCUT2D eigenvalue weighted by Crippen LogP contribution is 2.06. The molecule has 0 saturated carbocycles. The van der Waals surface area contributed by atoms with Gasteiger partial charge in [-0.15, -0.1) is 0 Å². The number of rotatable bonds is 9. The number of amides is 1. The minimum absolute atomic E-state index is 0.0385. The molecule has 1 aromatic carbocycles. The van der Waals surface area contributed by atoms with Gasteiger partial charge in [0.25, 0.3) is 5.91 Å². The highest BCUT2D eigenvalue weighted by Gasteiger charge is 2.24. The van der Waals surface area contributed by atoms with Crippen LogP contribution in [0, 0.1) is 5.92 Å². The first kappa shape index (κ1) is 19.1. The van der Waals surface area contributed by atoms with Crippen molar-refractivity contribution >= 4 is 21.9 Å². The summed E-state index contributed by atoms with van der Waals surface area (Å²) in [7, 11) is -3.79. The molecule has 1 atom stereocenters. The highest BCUT2D eigenvalue weighted by atomic mass is 32.2. The maximum atomic E-state index is 11.9. The van der Waals surface area contributed by atoms with Crippen LogP contribution in [0.4, 0.5) is 0 Å². The second kappa shape index (κ2) is 8.64. The van der Waals surface area contributed by atoms with E-state index in [1.165, 1.54) is 0 Å². The van der Waals surface area contributed by atoms with Gasteiger partial charge in [-0.3, -0.25) is 9.59 Å². The van der Waals surface area contributed by atoms with Crippen molar-refractivity contribution in [3.05, 3.63) is 35.9 Å². The van der Waals surface area contributed by atoms with Gasteiger partial charge in [0, 0.05) is 12.1 Å². The molecule has 0 fully saturated rings. The zero-order chi connectivity index (χ0) is 17.5. The third-order valence-electron chi connectivity index (χ3n) is 3.02. The van der Waals surface area contributed by atoms with Crippen molar-refractivity contribution in [1.29, 1.82) is 0 Å². The molecule has 8 heteroatoms. The summed E-state index contributed by atoms with van der Waals surface area (Å²) in [5, 5.41) is 11.5. The van der Waals surface area contributed by atoms with E-state index >= 15 is 0 Å². The Hall–Kier alpha value is -1.93. The number of benzene rings is 1. The molecule has 1 rings (SSSR count). The van der Waals surface area contributed by atoms with Crippen molar-refractivity contribution < 1.29 is 23.1 Å². The van der Waals surface area contributed by atoms with Crippen LogP contribution in [-0.2, 0) is 14.8 Å². The minimum Gasteiger partial charge on any atom is -0.480 e. The molecule has 23 heavy (non-hydrogen) atoms. The molecular weight excluding hydrogens is 320 g/mol. The topological polar surface area (TPSA) is 113 Å². The third kappa shape index (κ3) is 7.25. The Bertz CT molecular complexity index is 629. The predicted octanol–water partition coefficient (Wildman–Crippen LogP) is 0.835. The van der Waals surface area contributed by atoms with Gasteiger partial charge in [-0.2, -0.15) is 0 Å². The van der Waals surface area contributed by atoms with Gasteiger partial charge in [-0.25, -0.2) is 13.1 Å². The van der Waals surface area contributed by atoms with Crippen molar-refractivity contribution in [3.8, 4) is 0 Å². The lowest BCUT2D eigenvalue weighted by atomic mass is 10.1. The summed E-state index contributed by atoms with van der Waals surface area (Å²) >= 11 is 0. The number of carbonyl (C=O) groups is 2. The van der Waals surface area contributed by atoms with Crippen molar-refractivity contribution in [2.45, 2.75) is 26.3 Å². The van der Waals surface area contributed by atoms with Gasteiger partial charge in [0.1, 0.15) is 6.04 Å². The summed E-state index contributed by atoms with van der Waals surface area (Å²) in [6, 6.07) is 7.25. The number of hydrogen-bond donors (Lipinski definition) is 3. The van der Waals surface area contributed by atoms with Crippen LogP contribution in [0.1, 0.15) is 30.6 Å². The molecule has 0 saturated heterocycles. The van der Waals surface area contributed by atoms with Gasteiger partial charge in [0.2, 0.25) is 10.0 Å². The van der Waals surface area contributed by atoms with E-state index in [0.717, 1.165) is 0 Å². The van der Waals surface area contributed by atoms with Gasteiger partial charge in [0.05, 0.1) is 5.75 Å². The molecule has 1 amide bonds. The zero-order valence-corrected chi connectivity index (χ0v) is 14.0. The molecule has 3 N–H and O–H groups in total. The van der Waals surface area contributed by atoms with Crippen LogP contribution < -0.4 is 10.0 Å². The lowest BCUT2D eigenvalue weighted by Gasteiger charge is -2.16. The molecule has 0 aliphatic heterocycles. The van der Waals surface area contributed by atoms with Crippen molar-refractivity contribution in [2.24, 2.45) is 5.92 Å². The number of aliphatic carboxylic acids is 1. The molecule has 0 aliphatic rings. The smallest absolute Gasteiger partial charge is 0.321 e. The summed E-state index contributed by atoms with van der Waals surface area (Å²) < 4.78 is 26.0. The first-order valence-corrected chi connectivity index (χ1v) is 8.92. The highest BCUT2D eigenvalue weighted by molar-refractivity contribution is 7.89. The van der Waals surface area contributed by atoms with Crippen molar-refractivity contribution in [1.82, 2.24) is 10.0 Å². The standard InChI is InChI=1S/C15H22N2O5S/c1-11(2)10-13(15(19)20)17-23(21,22)9-8-16-14(18)12-6-4-3-5-7-12/h3-7,11,13,17H,8-10H2,1-2H3,(H,16,18)(H,19,20)/t13-/m0/s1. The monoisotopic (exact) mass is 342 g/mol. The van der Waals surface area contributed by atoms with Crippen LogP contribution in [0.15, 0.2) is 30.3 Å². The summed E-state index contributed by atoms with van der Waals surface area (Å²) in [5.41, 5.74) is 0.432. The summed E-state index contributed by atoms with van der Waals surface area (Å²) in [5.74, 6) is -1.93. The average Bonchev–Trinajstić information content (AvgIpc) is 2.46. The van der Waals surface area contributed by atoms with E-state index in [4.69, 9.17) is 5.11 Å². The number of nitrogens with one attached hydrogen (secondary N) is 2. The number of carbonyl (C=O) groups excluding carboxylic acids is 1.